The standard InChI is InChI=1S/C69H63N3S6/c1-7-25-67(26-8-2)46-37-40(70-49-19-31-73-61(49)62-50(70)20-32-74-62)13-16-43(46)55-58(67)56-44-17-14-41(71-51-21-33-75-63(51)64-52(71)22-34-76-64)38-47(44)68(27-9-3,28-10-4)60(56)57-45-18-15-42(39-48(45)69(29-11-5,30-12-6)59(55)57)72-53-23-35-77-65(53)66-54(72)24-36-78-66/h13-24,31-39H,7-12,25-30H2,1-6H3. The van der Waals surface area contributed by atoms with Gasteiger partial charge in [0.25, 0.3) is 0 Å². The predicted molar refractivity (Wildman–Crippen MR) is 345 cm³/mol. The summed E-state index contributed by atoms with van der Waals surface area (Å²) in [6.07, 6.45) is 13.4. The molecule has 0 unspecified atom stereocenters. The van der Waals surface area contributed by atoms with E-state index < -0.39 is 0 Å². The molecular formula is C69H63N3S6. The maximum Gasteiger partial charge on any atom is 0.0704 e. The normalized spacial score (nSPS) is 15.5. The molecule has 0 aliphatic heterocycles. The van der Waals surface area contributed by atoms with E-state index in [4.69, 9.17) is 0 Å². The van der Waals surface area contributed by atoms with Crippen molar-refractivity contribution in [3.8, 4) is 50.4 Å². The first-order valence-electron chi connectivity index (χ1n) is 29.0. The van der Waals surface area contributed by atoms with E-state index in [-0.39, 0.29) is 16.2 Å². The third-order valence-corrected chi connectivity index (χ3v) is 25.0. The van der Waals surface area contributed by atoms with Crippen LogP contribution in [0.4, 0.5) is 0 Å². The molecule has 9 heterocycles. The Morgan fingerprint density at radius 3 is 0.718 bits per heavy atom. The molecule has 9 aromatic heterocycles. The quantitative estimate of drug-likeness (QED) is 0.0972. The summed E-state index contributed by atoms with van der Waals surface area (Å²) in [5, 5.41) is 13.8. The van der Waals surface area contributed by atoms with E-state index in [0.29, 0.717) is 0 Å². The van der Waals surface area contributed by atoms with Gasteiger partial charge in [0.2, 0.25) is 0 Å². The van der Waals surface area contributed by atoms with E-state index >= 15 is 0 Å². The number of rotatable bonds is 15. The fourth-order valence-electron chi connectivity index (χ4n) is 16.9. The van der Waals surface area contributed by atoms with E-state index in [9.17, 15) is 0 Å². The van der Waals surface area contributed by atoms with Crippen LogP contribution in [0.2, 0.25) is 0 Å². The highest BCUT2D eigenvalue weighted by molar-refractivity contribution is 7.27. The average Bonchev–Trinajstić information content (AvgIpc) is 3.54. The largest absolute Gasteiger partial charge is 0.307 e. The smallest absolute Gasteiger partial charge is 0.0704 e. The molecule has 0 amide bonds. The van der Waals surface area contributed by atoms with Crippen molar-refractivity contribution >= 4 is 129 Å². The van der Waals surface area contributed by atoms with Gasteiger partial charge < -0.3 is 13.7 Å². The molecule has 16 rings (SSSR count). The zero-order chi connectivity index (χ0) is 52.4. The minimum atomic E-state index is -0.182. The topological polar surface area (TPSA) is 14.8 Å². The molecule has 3 aliphatic rings. The molecule has 0 saturated heterocycles. The highest BCUT2D eigenvalue weighted by Gasteiger charge is 2.57. The Balaban J connectivity index is 1.07. The van der Waals surface area contributed by atoms with Crippen LogP contribution in [0.25, 0.3) is 112 Å². The molecule has 0 N–H and O–H groups in total. The van der Waals surface area contributed by atoms with Crippen LogP contribution in [0.15, 0.2) is 123 Å². The first-order valence-corrected chi connectivity index (χ1v) is 34.2. The van der Waals surface area contributed by atoms with Gasteiger partial charge in [0, 0.05) is 33.3 Å². The second-order valence-corrected chi connectivity index (χ2v) is 28.5. The van der Waals surface area contributed by atoms with Crippen molar-refractivity contribution in [3.05, 3.63) is 157 Å². The van der Waals surface area contributed by atoms with E-state index in [0.717, 1.165) is 77.0 Å². The molecular weight excluding hydrogens is 1060 g/mol. The average molecular weight is 1130 g/mol. The molecule has 390 valence electrons. The van der Waals surface area contributed by atoms with Crippen molar-refractivity contribution in [2.75, 3.05) is 0 Å². The van der Waals surface area contributed by atoms with Crippen molar-refractivity contribution in [3.63, 3.8) is 0 Å². The van der Waals surface area contributed by atoms with Gasteiger partial charge in [-0.25, -0.2) is 0 Å². The molecule has 0 atom stereocenters. The highest BCUT2D eigenvalue weighted by atomic mass is 32.1. The lowest BCUT2D eigenvalue weighted by Crippen LogP contribution is -2.30. The minimum Gasteiger partial charge on any atom is -0.307 e. The number of aromatic nitrogens is 3. The number of benzene rings is 4. The third kappa shape index (κ3) is 6.03. The lowest BCUT2D eigenvalue weighted by Gasteiger charge is -2.39. The molecule has 0 fully saturated rings. The maximum atomic E-state index is 2.72. The van der Waals surface area contributed by atoms with Crippen molar-refractivity contribution in [1.29, 1.82) is 0 Å². The van der Waals surface area contributed by atoms with Crippen LogP contribution in [0.1, 0.15) is 152 Å². The summed E-state index contributed by atoms with van der Waals surface area (Å²) in [5.74, 6) is 0. The van der Waals surface area contributed by atoms with Gasteiger partial charge in [0.1, 0.15) is 0 Å². The fraction of sp³-hybridized carbons (Fsp3) is 0.304. The van der Waals surface area contributed by atoms with Crippen LogP contribution in [0.3, 0.4) is 0 Å². The fourth-order valence-corrected chi connectivity index (χ4v) is 22.7. The number of fused-ring (bicyclic) bond motifs is 21. The summed E-state index contributed by atoms with van der Waals surface area (Å²) in [4.78, 5) is 0. The molecule has 0 spiro atoms. The van der Waals surface area contributed by atoms with Crippen LogP contribution in [-0.2, 0) is 16.2 Å². The van der Waals surface area contributed by atoms with E-state index in [1.807, 2.05) is 68.0 Å². The Kier molecular flexibility index (Phi) is 11.0. The van der Waals surface area contributed by atoms with Gasteiger partial charge in [-0.15, -0.1) is 68.0 Å². The van der Waals surface area contributed by atoms with Gasteiger partial charge in [-0.2, -0.15) is 0 Å². The Morgan fingerprint density at radius 2 is 0.513 bits per heavy atom. The number of hydrogen-bond acceptors (Lipinski definition) is 6. The van der Waals surface area contributed by atoms with Gasteiger partial charge in [-0.1, -0.05) is 98.3 Å². The van der Waals surface area contributed by atoms with Crippen molar-refractivity contribution < 1.29 is 0 Å². The van der Waals surface area contributed by atoms with Crippen LogP contribution in [0.5, 0.6) is 0 Å². The van der Waals surface area contributed by atoms with Crippen LogP contribution >= 0.6 is 68.0 Å². The summed E-state index contributed by atoms with van der Waals surface area (Å²) in [6, 6.07) is 37.8. The van der Waals surface area contributed by atoms with Crippen molar-refractivity contribution in [2.24, 2.45) is 0 Å². The molecule has 3 aliphatic carbocycles. The van der Waals surface area contributed by atoms with Gasteiger partial charge in [-0.05, 0) is 210 Å². The predicted octanol–water partition coefficient (Wildman–Crippen LogP) is 22.9. The lowest BCUT2D eigenvalue weighted by atomic mass is 9.64. The molecule has 4 aromatic carbocycles. The SMILES string of the molecule is CCCC1(CCC)c2cc(-n3c4ccsc4c4sccc43)ccc2-c2c1c1c(c3c2C(CCC)(CCC)c2cc(-n4c5ccsc5c5sccc54)ccc2-3)C(CCC)(CCC)c2cc(-n3c4ccsc4c4sccc43)ccc2-1. The Bertz CT molecular complexity index is 3930. The molecule has 3 nitrogen and oxygen atoms in total. The monoisotopic (exact) mass is 1130 g/mol. The summed E-state index contributed by atoms with van der Waals surface area (Å²) in [6.45, 7) is 14.8. The van der Waals surface area contributed by atoms with Crippen molar-refractivity contribution in [1.82, 2.24) is 13.7 Å². The van der Waals surface area contributed by atoms with E-state index in [1.54, 1.807) is 50.1 Å². The van der Waals surface area contributed by atoms with E-state index in [1.165, 1.54) is 95.1 Å². The zero-order valence-electron chi connectivity index (χ0n) is 45.4. The lowest BCUT2D eigenvalue weighted by molar-refractivity contribution is 0.421. The second kappa shape index (κ2) is 17.7. The third-order valence-electron chi connectivity index (χ3n) is 19.1. The Labute approximate surface area is 481 Å². The van der Waals surface area contributed by atoms with Gasteiger partial charge in [-0.3, -0.25) is 0 Å². The zero-order valence-corrected chi connectivity index (χ0v) is 50.3. The second-order valence-electron chi connectivity index (χ2n) is 23.0. The molecule has 0 bridgehead atoms. The molecule has 78 heavy (non-hydrogen) atoms. The number of hydrogen-bond donors (Lipinski definition) is 0. The van der Waals surface area contributed by atoms with Gasteiger partial charge in [0.15, 0.2) is 0 Å². The van der Waals surface area contributed by atoms with Crippen LogP contribution in [-0.4, -0.2) is 13.7 Å². The first-order chi connectivity index (χ1) is 38.4. The molecule has 0 saturated carbocycles. The summed E-state index contributed by atoms with van der Waals surface area (Å²) < 4.78 is 16.3. The number of thiophene rings is 6. The summed E-state index contributed by atoms with van der Waals surface area (Å²) in [7, 11) is 0. The van der Waals surface area contributed by atoms with Gasteiger partial charge >= 0.3 is 0 Å². The van der Waals surface area contributed by atoms with Crippen LogP contribution in [0, 0.1) is 0 Å². The molecule has 0 radical (unpaired) electrons. The van der Waals surface area contributed by atoms with E-state index in [2.05, 4.69) is 179 Å². The number of nitrogens with zero attached hydrogens (tertiary/aromatic N) is 3. The summed E-state index contributed by atoms with van der Waals surface area (Å²) in [5.41, 5.74) is 30.3. The Morgan fingerprint density at radius 1 is 0.295 bits per heavy atom. The summed E-state index contributed by atoms with van der Waals surface area (Å²) >= 11 is 11.3. The Hall–Kier alpha value is -5.52. The van der Waals surface area contributed by atoms with Gasteiger partial charge in [0.05, 0.1) is 61.3 Å². The minimum absolute atomic E-state index is 0.182. The highest BCUT2D eigenvalue weighted by Crippen LogP contribution is 2.71. The molecule has 9 heteroatoms. The maximum absolute atomic E-state index is 2.72. The van der Waals surface area contributed by atoms with Crippen molar-refractivity contribution in [2.45, 2.75) is 135 Å². The first kappa shape index (κ1) is 48.4. The molecule has 13 aromatic rings. The van der Waals surface area contributed by atoms with Crippen LogP contribution < -0.4 is 0 Å².